The number of thiocarbonyl (C=S) groups is 1. The van der Waals surface area contributed by atoms with E-state index >= 15 is 0 Å². The van der Waals surface area contributed by atoms with Gasteiger partial charge in [-0.05, 0) is 30.3 Å². The molecule has 3 rings (SSSR count). The molecule has 1 aliphatic rings. The SMILES string of the molecule is COc1cccc(/C=C2/SC(=S)N(c3cccc(F)c3)C2=O)c1O. The quantitative estimate of drug-likeness (QED) is 0.663. The second-order valence-corrected chi connectivity index (χ2v) is 6.57. The van der Waals surface area contributed by atoms with E-state index in [4.69, 9.17) is 17.0 Å². The fourth-order valence-electron chi connectivity index (χ4n) is 2.27. The number of anilines is 1. The van der Waals surface area contributed by atoms with E-state index in [-0.39, 0.29) is 11.7 Å². The molecule has 1 aliphatic heterocycles. The van der Waals surface area contributed by atoms with Crippen LogP contribution in [-0.4, -0.2) is 22.4 Å². The summed E-state index contributed by atoms with van der Waals surface area (Å²) >= 11 is 6.33. The Hall–Kier alpha value is -2.38. The van der Waals surface area contributed by atoms with Crippen molar-refractivity contribution in [1.29, 1.82) is 0 Å². The minimum absolute atomic E-state index is 0.0592. The molecular weight excluding hydrogens is 349 g/mol. The summed E-state index contributed by atoms with van der Waals surface area (Å²) in [6.45, 7) is 0. The number of amides is 1. The molecule has 1 saturated heterocycles. The molecule has 0 spiro atoms. The highest BCUT2D eigenvalue weighted by Gasteiger charge is 2.33. The van der Waals surface area contributed by atoms with Crippen LogP contribution in [0.2, 0.25) is 0 Å². The molecule has 2 aromatic rings. The molecular formula is C17H12FNO3S2. The first-order valence-corrected chi connectivity index (χ1v) is 8.13. The Balaban J connectivity index is 1.97. The number of benzene rings is 2. The van der Waals surface area contributed by atoms with Gasteiger partial charge in [0.25, 0.3) is 5.91 Å². The summed E-state index contributed by atoms with van der Waals surface area (Å²) in [6.07, 6.45) is 1.54. The summed E-state index contributed by atoms with van der Waals surface area (Å²) in [4.78, 5) is 14.2. The van der Waals surface area contributed by atoms with E-state index in [1.165, 1.54) is 36.3 Å². The maximum atomic E-state index is 13.4. The Morgan fingerprint density at radius 1 is 1.29 bits per heavy atom. The zero-order valence-electron chi connectivity index (χ0n) is 12.5. The van der Waals surface area contributed by atoms with E-state index in [9.17, 15) is 14.3 Å². The third kappa shape index (κ3) is 3.00. The van der Waals surface area contributed by atoms with Gasteiger partial charge in [-0.3, -0.25) is 9.69 Å². The molecule has 0 aliphatic carbocycles. The number of aromatic hydroxyl groups is 1. The number of ether oxygens (including phenoxy) is 1. The predicted octanol–water partition coefficient (Wildman–Crippen LogP) is 3.95. The molecule has 0 aromatic heterocycles. The number of phenols is 1. The molecule has 7 heteroatoms. The van der Waals surface area contributed by atoms with Crippen LogP contribution in [0.15, 0.2) is 47.4 Å². The van der Waals surface area contributed by atoms with Crippen LogP contribution in [0.3, 0.4) is 0 Å². The van der Waals surface area contributed by atoms with Crippen molar-refractivity contribution in [1.82, 2.24) is 0 Å². The van der Waals surface area contributed by atoms with Crippen LogP contribution in [0.1, 0.15) is 5.56 Å². The van der Waals surface area contributed by atoms with E-state index < -0.39 is 5.82 Å². The number of methoxy groups -OCH3 is 1. The number of thioether (sulfide) groups is 1. The van der Waals surface area contributed by atoms with Gasteiger partial charge in [-0.15, -0.1) is 0 Å². The Kier molecular flexibility index (Phi) is 4.55. The number of hydrogen-bond acceptors (Lipinski definition) is 5. The van der Waals surface area contributed by atoms with Crippen molar-refractivity contribution >= 4 is 46.0 Å². The van der Waals surface area contributed by atoms with E-state index in [1.807, 2.05) is 0 Å². The molecule has 1 heterocycles. The van der Waals surface area contributed by atoms with Gasteiger partial charge in [0.1, 0.15) is 5.82 Å². The molecule has 24 heavy (non-hydrogen) atoms. The molecule has 2 aromatic carbocycles. The third-order valence-electron chi connectivity index (χ3n) is 3.40. The molecule has 0 saturated carbocycles. The van der Waals surface area contributed by atoms with Gasteiger partial charge in [0.15, 0.2) is 15.8 Å². The molecule has 4 nitrogen and oxygen atoms in total. The number of hydrogen-bond donors (Lipinski definition) is 1. The van der Waals surface area contributed by atoms with E-state index in [1.54, 1.807) is 24.3 Å². The molecule has 1 fully saturated rings. The molecule has 122 valence electrons. The van der Waals surface area contributed by atoms with Crippen LogP contribution >= 0.6 is 24.0 Å². The lowest BCUT2D eigenvalue weighted by Crippen LogP contribution is -2.27. The van der Waals surface area contributed by atoms with Crippen LogP contribution in [0.25, 0.3) is 6.08 Å². The number of carbonyl (C=O) groups is 1. The topological polar surface area (TPSA) is 49.8 Å². The van der Waals surface area contributed by atoms with Gasteiger partial charge in [-0.2, -0.15) is 0 Å². The van der Waals surface area contributed by atoms with Crippen LogP contribution < -0.4 is 9.64 Å². The number of halogens is 1. The van der Waals surface area contributed by atoms with Crippen molar-refractivity contribution in [3.05, 3.63) is 58.8 Å². The fraction of sp³-hybridized carbons (Fsp3) is 0.0588. The second-order valence-electron chi connectivity index (χ2n) is 4.90. The number of rotatable bonds is 3. The zero-order chi connectivity index (χ0) is 17.3. The highest BCUT2D eigenvalue weighted by Crippen LogP contribution is 2.38. The minimum Gasteiger partial charge on any atom is -0.504 e. The first-order chi connectivity index (χ1) is 11.5. The van der Waals surface area contributed by atoms with Gasteiger partial charge in [-0.1, -0.05) is 42.2 Å². The number of nitrogens with zero attached hydrogens (tertiary/aromatic N) is 1. The molecule has 0 radical (unpaired) electrons. The second kappa shape index (κ2) is 6.62. The first kappa shape index (κ1) is 16.5. The molecule has 0 atom stereocenters. The standard InChI is InChI=1S/C17H12FNO3S2/c1-22-13-7-2-4-10(15(13)20)8-14-16(21)19(17(23)24-14)12-6-3-5-11(18)9-12/h2-9,20H,1H3/b14-8+. The average Bonchev–Trinajstić information content (AvgIpc) is 2.83. The molecule has 0 unspecified atom stereocenters. The lowest BCUT2D eigenvalue weighted by Gasteiger charge is -2.14. The Morgan fingerprint density at radius 2 is 2.04 bits per heavy atom. The Labute approximate surface area is 147 Å². The van der Waals surface area contributed by atoms with E-state index in [0.29, 0.717) is 26.2 Å². The molecule has 1 amide bonds. The van der Waals surface area contributed by atoms with E-state index in [0.717, 1.165) is 11.8 Å². The normalized spacial score (nSPS) is 16.1. The average molecular weight is 361 g/mol. The monoisotopic (exact) mass is 361 g/mol. The van der Waals surface area contributed by atoms with Crippen molar-refractivity contribution in [2.24, 2.45) is 0 Å². The zero-order valence-corrected chi connectivity index (χ0v) is 14.2. The number of para-hydroxylation sites is 1. The highest BCUT2D eigenvalue weighted by molar-refractivity contribution is 8.27. The van der Waals surface area contributed by atoms with Crippen molar-refractivity contribution in [3.63, 3.8) is 0 Å². The smallest absolute Gasteiger partial charge is 0.270 e. The molecule has 1 N–H and O–H groups in total. The Morgan fingerprint density at radius 3 is 2.75 bits per heavy atom. The van der Waals surface area contributed by atoms with Gasteiger partial charge >= 0.3 is 0 Å². The number of phenolic OH excluding ortho intramolecular Hbond substituents is 1. The van der Waals surface area contributed by atoms with Crippen LogP contribution in [0.5, 0.6) is 11.5 Å². The molecule has 0 bridgehead atoms. The van der Waals surface area contributed by atoms with Crippen molar-refractivity contribution in [2.75, 3.05) is 12.0 Å². The summed E-state index contributed by atoms with van der Waals surface area (Å²) < 4.78 is 18.8. The summed E-state index contributed by atoms with van der Waals surface area (Å²) in [6, 6.07) is 10.7. The van der Waals surface area contributed by atoms with Gasteiger partial charge in [0, 0.05) is 5.56 Å². The summed E-state index contributed by atoms with van der Waals surface area (Å²) in [5.74, 6) is -0.561. The van der Waals surface area contributed by atoms with Gasteiger partial charge in [-0.25, -0.2) is 4.39 Å². The summed E-state index contributed by atoms with van der Waals surface area (Å²) in [7, 11) is 1.45. The van der Waals surface area contributed by atoms with Gasteiger partial charge < -0.3 is 9.84 Å². The maximum Gasteiger partial charge on any atom is 0.270 e. The van der Waals surface area contributed by atoms with Crippen LogP contribution in [0.4, 0.5) is 10.1 Å². The third-order valence-corrected chi connectivity index (χ3v) is 4.70. The lowest BCUT2D eigenvalue weighted by atomic mass is 10.1. The van der Waals surface area contributed by atoms with Gasteiger partial charge in [0.2, 0.25) is 0 Å². The van der Waals surface area contributed by atoms with Crippen molar-refractivity contribution < 1.29 is 19.0 Å². The fourth-order valence-corrected chi connectivity index (χ4v) is 3.56. The van der Waals surface area contributed by atoms with Gasteiger partial charge in [0.05, 0.1) is 17.7 Å². The largest absolute Gasteiger partial charge is 0.504 e. The van der Waals surface area contributed by atoms with E-state index in [2.05, 4.69) is 0 Å². The summed E-state index contributed by atoms with van der Waals surface area (Å²) in [5, 5.41) is 10.1. The first-order valence-electron chi connectivity index (χ1n) is 6.91. The number of carbonyl (C=O) groups excluding carboxylic acids is 1. The summed E-state index contributed by atoms with van der Waals surface area (Å²) in [5.41, 5.74) is 0.810. The maximum absolute atomic E-state index is 13.4. The Bertz CT molecular complexity index is 867. The predicted molar refractivity (Wildman–Crippen MR) is 96.7 cm³/mol. The lowest BCUT2D eigenvalue weighted by molar-refractivity contribution is -0.113. The van der Waals surface area contributed by atoms with Crippen LogP contribution in [0, 0.1) is 5.82 Å². The van der Waals surface area contributed by atoms with Crippen molar-refractivity contribution in [3.8, 4) is 11.5 Å². The highest BCUT2D eigenvalue weighted by atomic mass is 32.2. The van der Waals surface area contributed by atoms with Crippen LogP contribution in [-0.2, 0) is 4.79 Å². The minimum atomic E-state index is -0.448. The van der Waals surface area contributed by atoms with Crippen molar-refractivity contribution in [2.45, 2.75) is 0 Å².